The number of aliphatic hydroxyl groups is 1. The van der Waals surface area contributed by atoms with Crippen LogP contribution in [0.2, 0.25) is 10.0 Å². The van der Waals surface area contributed by atoms with Crippen molar-refractivity contribution in [1.82, 2.24) is 14.7 Å². The molecule has 3 aromatic rings. The van der Waals surface area contributed by atoms with E-state index < -0.39 is 5.60 Å². The fourth-order valence-corrected chi connectivity index (χ4v) is 4.80. The molecule has 200 valence electrons. The van der Waals surface area contributed by atoms with E-state index in [0.717, 1.165) is 61.6 Å². The van der Waals surface area contributed by atoms with Crippen molar-refractivity contribution >= 4 is 23.2 Å². The summed E-state index contributed by atoms with van der Waals surface area (Å²) in [5.41, 5.74) is 1.42. The Balaban J connectivity index is 1.28. The zero-order chi connectivity index (χ0) is 26.3. The molecule has 0 amide bonds. The minimum atomic E-state index is -0.887. The first-order valence-corrected chi connectivity index (χ1v) is 13.4. The maximum atomic E-state index is 11.2. The predicted octanol–water partition coefficient (Wildman–Crippen LogP) is 5.77. The molecule has 37 heavy (non-hydrogen) atoms. The Bertz CT molecular complexity index is 1170. The zero-order valence-electron chi connectivity index (χ0n) is 21.5. The number of rotatable bonds is 11. The highest BCUT2D eigenvalue weighted by Gasteiger charge is 2.31. The van der Waals surface area contributed by atoms with Crippen LogP contribution in [0, 0.1) is 6.92 Å². The van der Waals surface area contributed by atoms with Gasteiger partial charge in [0.05, 0.1) is 35.6 Å². The van der Waals surface area contributed by atoms with Crippen molar-refractivity contribution in [3.8, 4) is 17.2 Å². The Hall–Kier alpha value is -2.45. The Morgan fingerprint density at radius 1 is 1.03 bits per heavy atom. The van der Waals surface area contributed by atoms with Gasteiger partial charge in [0.1, 0.15) is 12.4 Å². The minimum Gasteiger partial charge on any atom is -0.493 e. The molecule has 1 atom stereocenters. The lowest BCUT2D eigenvalue weighted by Gasteiger charge is -2.27. The van der Waals surface area contributed by atoms with Gasteiger partial charge in [0.15, 0.2) is 11.5 Å². The summed E-state index contributed by atoms with van der Waals surface area (Å²) in [5, 5.41) is 16.4. The van der Waals surface area contributed by atoms with Crippen LogP contribution in [0.4, 0.5) is 0 Å². The second-order valence-electron chi connectivity index (χ2n) is 9.69. The maximum absolute atomic E-state index is 11.2. The molecule has 0 saturated carbocycles. The van der Waals surface area contributed by atoms with Gasteiger partial charge in [0, 0.05) is 38.3 Å². The van der Waals surface area contributed by atoms with E-state index in [-0.39, 0.29) is 6.61 Å². The highest BCUT2D eigenvalue weighted by Crippen LogP contribution is 2.31. The van der Waals surface area contributed by atoms with Gasteiger partial charge in [-0.3, -0.25) is 9.58 Å². The van der Waals surface area contributed by atoms with E-state index in [9.17, 15) is 5.11 Å². The normalized spacial score (nSPS) is 18.4. The highest BCUT2D eigenvalue weighted by molar-refractivity contribution is 6.42. The van der Waals surface area contributed by atoms with Gasteiger partial charge in [0.25, 0.3) is 0 Å². The summed E-state index contributed by atoms with van der Waals surface area (Å²) < 4.78 is 19.4. The Morgan fingerprint density at radius 3 is 2.65 bits per heavy atom. The average Bonchev–Trinajstić information content (AvgIpc) is 3.21. The summed E-state index contributed by atoms with van der Waals surface area (Å²) in [7, 11) is 1.66. The number of likely N-dealkylation sites (tertiary alicyclic amines) is 1. The van der Waals surface area contributed by atoms with Crippen molar-refractivity contribution in [1.29, 1.82) is 0 Å². The van der Waals surface area contributed by atoms with Crippen molar-refractivity contribution in [2.24, 2.45) is 0 Å². The van der Waals surface area contributed by atoms with E-state index in [0.29, 0.717) is 35.2 Å². The highest BCUT2D eigenvalue weighted by atomic mass is 35.5. The SMILES string of the molecule is COc1ccc(CN2CCC[C@](O)(COc3ccc(Cl)c(Cl)c3)CC2)cc1OCCCn1cc(C)cn1. The van der Waals surface area contributed by atoms with Crippen LogP contribution in [0.3, 0.4) is 0 Å². The first-order chi connectivity index (χ1) is 17.8. The molecule has 0 spiro atoms. The van der Waals surface area contributed by atoms with E-state index in [2.05, 4.69) is 22.1 Å². The van der Waals surface area contributed by atoms with Crippen molar-refractivity contribution in [2.45, 2.75) is 51.3 Å². The van der Waals surface area contributed by atoms with Crippen LogP contribution in [0.1, 0.15) is 36.8 Å². The number of aryl methyl sites for hydroxylation is 2. The smallest absolute Gasteiger partial charge is 0.161 e. The van der Waals surface area contributed by atoms with Crippen molar-refractivity contribution in [2.75, 3.05) is 33.4 Å². The molecule has 0 bridgehead atoms. The molecule has 0 unspecified atom stereocenters. The molecule has 0 radical (unpaired) electrons. The van der Waals surface area contributed by atoms with Crippen molar-refractivity contribution in [3.63, 3.8) is 0 Å². The van der Waals surface area contributed by atoms with Crippen LogP contribution < -0.4 is 14.2 Å². The zero-order valence-corrected chi connectivity index (χ0v) is 23.0. The number of ether oxygens (including phenoxy) is 3. The molecular formula is C28H35Cl2N3O4. The van der Waals surface area contributed by atoms with Crippen LogP contribution >= 0.6 is 23.2 Å². The van der Waals surface area contributed by atoms with E-state index in [4.69, 9.17) is 37.4 Å². The van der Waals surface area contributed by atoms with Crippen LogP contribution in [-0.2, 0) is 13.1 Å². The predicted molar refractivity (Wildman–Crippen MR) is 146 cm³/mol. The van der Waals surface area contributed by atoms with Gasteiger partial charge < -0.3 is 19.3 Å². The lowest BCUT2D eigenvalue weighted by Crippen LogP contribution is -2.37. The van der Waals surface area contributed by atoms with E-state index in [1.165, 1.54) is 0 Å². The minimum absolute atomic E-state index is 0.220. The first-order valence-electron chi connectivity index (χ1n) is 12.6. The van der Waals surface area contributed by atoms with Gasteiger partial charge in [-0.2, -0.15) is 5.10 Å². The fraction of sp³-hybridized carbons (Fsp3) is 0.464. The van der Waals surface area contributed by atoms with Gasteiger partial charge in [-0.25, -0.2) is 0 Å². The molecule has 9 heteroatoms. The first kappa shape index (κ1) is 27.6. The van der Waals surface area contributed by atoms with Gasteiger partial charge in [-0.15, -0.1) is 0 Å². The molecule has 2 aromatic carbocycles. The van der Waals surface area contributed by atoms with E-state index in [1.807, 2.05) is 30.1 Å². The summed E-state index contributed by atoms with van der Waals surface area (Å²) in [5.74, 6) is 2.08. The van der Waals surface area contributed by atoms with Gasteiger partial charge in [-0.05, 0) is 68.1 Å². The van der Waals surface area contributed by atoms with E-state index in [1.54, 1.807) is 25.3 Å². The number of nitrogens with zero attached hydrogens (tertiary/aromatic N) is 3. The third-order valence-electron chi connectivity index (χ3n) is 6.59. The van der Waals surface area contributed by atoms with Crippen LogP contribution in [-0.4, -0.2) is 58.8 Å². The second-order valence-corrected chi connectivity index (χ2v) is 10.5. The Morgan fingerprint density at radius 2 is 1.89 bits per heavy atom. The summed E-state index contributed by atoms with van der Waals surface area (Å²) in [6.07, 6.45) is 6.93. The quantitative estimate of drug-likeness (QED) is 0.307. The Kier molecular flexibility index (Phi) is 9.60. The molecule has 4 rings (SSSR count). The number of halogens is 2. The average molecular weight is 549 g/mol. The maximum Gasteiger partial charge on any atom is 0.161 e. The number of aromatic nitrogens is 2. The third kappa shape index (κ3) is 8.01. The van der Waals surface area contributed by atoms with Crippen LogP contribution in [0.5, 0.6) is 17.2 Å². The van der Waals surface area contributed by atoms with Gasteiger partial charge >= 0.3 is 0 Å². The summed E-state index contributed by atoms with van der Waals surface area (Å²) in [6.45, 7) is 6.09. The second kappa shape index (κ2) is 12.9. The molecule has 1 aliphatic heterocycles. The largest absolute Gasteiger partial charge is 0.493 e. The number of hydrogen-bond acceptors (Lipinski definition) is 6. The summed E-state index contributed by atoms with van der Waals surface area (Å²) >= 11 is 12.1. The van der Waals surface area contributed by atoms with E-state index >= 15 is 0 Å². The lowest BCUT2D eigenvalue weighted by molar-refractivity contribution is -0.0168. The molecule has 7 nitrogen and oxygen atoms in total. The van der Waals surface area contributed by atoms with Crippen molar-refractivity contribution < 1.29 is 19.3 Å². The fourth-order valence-electron chi connectivity index (χ4n) is 4.51. The molecule has 1 saturated heterocycles. The summed E-state index contributed by atoms with van der Waals surface area (Å²) in [4.78, 5) is 2.36. The molecule has 1 aromatic heterocycles. The Labute approximate surface area is 228 Å². The summed E-state index contributed by atoms with van der Waals surface area (Å²) in [6, 6.07) is 11.2. The third-order valence-corrected chi connectivity index (χ3v) is 7.33. The molecule has 1 fully saturated rings. The van der Waals surface area contributed by atoms with Crippen LogP contribution in [0.25, 0.3) is 0 Å². The molecular weight excluding hydrogens is 513 g/mol. The van der Waals surface area contributed by atoms with Gasteiger partial charge in [0.2, 0.25) is 0 Å². The molecule has 1 N–H and O–H groups in total. The number of methoxy groups -OCH3 is 1. The van der Waals surface area contributed by atoms with Crippen molar-refractivity contribution in [3.05, 3.63) is 70.0 Å². The molecule has 0 aliphatic carbocycles. The number of hydrogen-bond donors (Lipinski definition) is 1. The van der Waals surface area contributed by atoms with Crippen LogP contribution in [0.15, 0.2) is 48.8 Å². The monoisotopic (exact) mass is 547 g/mol. The lowest BCUT2D eigenvalue weighted by atomic mass is 9.96. The van der Waals surface area contributed by atoms with Gasteiger partial charge in [-0.1, -0.05) is 29.3 Å². The standard InChI is InChI=1S/C28H35Cl2N3O4/c1-21-17-31-33(18-21)12-4-14-36-27-15-22(5-8-26(27)35-2)19-32-11-3-9-28(34,10-13-32)20-37-23-6-7-24(29)25(30)16-23/h5-8,15-18,34H,3-4,9-14,19-20H2,1-2H3/t28-/m1/s1. The molecule has 1 aliphatic rings. The number of benzene rings is 2. The molecule has 2 heterocycles. The topological polar surface area (TPSA) is 69.0 Å².